The zero-order chi connectivity index (χ0) is 9.14. The molecule has 0 aromatic heterocycles. The fourth-order valence-corrected chi connectivity index (χ4v) is 1.98. The number of alkyl halides is 2. The Kier molecular flexibility index (Phi) is 3.76. The van der Waals surface area contributed by atoms with Gasteiger partial charge >= 0.3 is 0 Å². The SMILES string of the molecule is N#Cc1cc(Br)ccc1C(Br)Br. The first-order valence-electron chi connectivity index (χ1n) is 3.13. The molecule has 1 aromatic carbocycles. The van der Waals surface area contributed by atoms with Gasteiger partial charge in [-0.15, -0.1) is 0 Å². The lowest BCUT2D eigenvalue weighted by Gasteiger charge is -2.04. The number of hydrogen-bond acceptors (Lipinski definition) is 1. The highest BCUT2D eigenvalue weighted by Gasteiger charge is 2.08. The lowest BCUT2D eigenvalue weighted by atomic mass is 10.1. The van der Waals surface area contributed by atoms with Crippen LogP contribution in [0.2, 0.25) is 0 Å². The maximum absolute atomic E-state index is 8.78. The predicted molar refractivity (Wildman–Crippen MR) is 59.5 cm³/mol. The van der Waals surface area contributed by atoms with Crippen LogP contribution in [-0.4, -0.2) is 0 Å². The Morgan fingerprint density at radius 2 is 2.00 bits per heavy atom. The molecule has 0 bridgehead atoms. The molecule has 0 saturated carbocycles. The van der Waals surface area contributed by atoms with Crippen molar-refractivity contribution in [1.82, 2.24) is 0 Å². The van der Waals surface area contributed by atoms with Crippen LogP contribution >= 0.6 is 47.8 Å². The average Bonchev–Trinajstić information content (AvgIpc) is 2.03. The van der Waals surface area contributed by atoms with E-state index in [1.165, 1.54) is 0 Å². The first-order chi connectivity index (χ1) is 5.65. The molecule has 62 valence electrons. The fourth-order valence-electron chi connectivity index (χ4n) is 0.816. The Hall–Kier alpha value is 0.150. The molecule has 0 amide bonds. The maximum Gasteiger partial charge on any atom is 0.0995 e. The summed E-state index contributed by atoms with van der Waals surface area (Å²) in [5.41, 5.74) is 1.61. The molecule has 0 aliphatic carbocycles. The molecule has 1 rings (SSSR count). The highest BCUT2D eigenvalue weighted by Crippen LogP contribution is 2.32. The van der Waals surface area contributed by atoms with Gasteiger partial charge in [-0.1, -0.05) is 53.9 Å². The van der Waals surface area contributed by atoms with Gasteiger partial charge in [0.25, 0.3) is 0 Å². The predicted octanol–water partition coefficient (Wildman–Crippen LogP) is 4.11. The van der Waals surface area contributed by atoms with E-state index in [0.29, 0.717) is 5.56 Å². The molecule has 0 fully saturated rings. The van der Waals surface area contributed by atoms with Crippen LogP contribution in [0.15, 0.2) is 22.7 Å². The van der Waals surface area contributed by atoms with Crippen LogP contribution in [0.25, 0.3) is 0 Å². The topological polar surface area (TPSA) is 23.8 Å². The third-order valence-electron chi connectivity index (χ3n) is 1.37. The molecule has 1 aromatic rings. The molecule has 12 heavy (non-hydrogen) atoms. The molecule has 0 saturated heterocycles. The summed E-state index contributed by atoms with van der Waals surface area (Å²) in [6, 6.07) is 7.73. The van der Waals surface area contributed by atoms with Crippen LogP contribution < -0.4 is 0 Å². The van der Waals surface area contributed by atoms with Gasteiger partial charge in [0.05, 0.1) is 15.4 Å². The van der Waals surface area contributed by atoms with Crippen molar-refractivity contribution in [1.29, 1.82) is 5.26 Å². The number of halogens is 3. The smallest absolute Gasteiger partial charge is 0.0995 e. The summed E-state index contributed by atoms with van der Waals surface area (Å²) in [4.78, 5) is 0. The zero-order valence-corrected chi connectivity index (χ0v) is 10.6. The van der Waals surface area contributed by atoms with E-state index < -0.39 is 0 Å². The number of rotatable bonds is 1. The molecule has 4 heteroatoms. The second kappa shape index (κ2) is 4.40. The van der Waals surface area contributed by atoms with Gasteiger partial charge < -0.3 is 0 Å². The number of hydrogen-bond donors (Lipinski definition) is 0. The van der Waals surface area contributed by atoms with Gasteiger partial charge in [0.1, 0.15) is 0 Å². The Balaban J connectivity index is 3.23. The van der Waals surface area contributed by atoms with Crippen molar-refractivity contribution < 1.29 is 0 Å². The van der Waals surface area contributed by atoms with Crippen LogP contribution in [0.1, 0.15) is 14.9 Å². The zero-order valence-electron chi connectivity index (χ0n) is 5.89. The van der Waals surface area contributed by atoms with Crippen molar-refractivity contribution in [2.75, 3.05) is 0 Å². The normalized spacial score (nSPS) is 9.92. The molecule has 0 aliphatic heterocycles. The molecular formula is C8H4Br3N. The highest BCUT2D eigenvalue weighted by atomic mass is 79.9. The van der Waals surface area contributed by atoms with E-state index in [4.69, 9.17) is 5.26 Å². The van der Waals surface area contributed by atoms with Crippen molar-refractivity contribution >= 4 is 47.8 Å². The van der Waals surface area contributed by atoms with Gasteiger partial charge in [-0.25, -0.2) is 0 Å². The number of nitriles is 1. The van der Waals surface area contributed by atoms with Crippen molar-refractivity contribution in [3.63, 3.8) is 0 Å². The molecule has 0 atom stereocenters. The van der Waals surface area contributed by atoms with Crippen LogP contribution in [0.3, 0.4) is 0 Å². The Morgan fingerprint density at radius 3 is 2.50 bits per heavy atom. The Labute approximate surface area is 96.2 Å². The van der Waals surface area contributed by atoms with Gasteiger partial charge in [-0.3, -0.25) is 0 Å². The summed E-state index contributed by atoms with van der Waals surface area (Å²) >= 11 is 10.0. The summed E-state index contributed by atoms with van der Waals surface area (Å²) in [7, 11) is 0. The van der Waals surface area contributed by atoms with Gasteiger partial charge in [0.2, 0.25) is 0 Å². The summed E-state index contributed by atoms with van der Waals surface area (Å²) < 4.78 is 0.955. The molecular weight excluding hydrogens is 350 g/mol. The second-order valence-corrected chi connectivity index (χ2v) is 6.12. The van der Waals surface area contributed by atoms with Crippen LogP contribution in [0.5, 0.6) is 0 Å². The van der Waals surface area contributed by atoms with Gasteiger partial charge in [-0.2, -0.15) is 5.26 Å². The molecule has 0 N–H and O–H groups in total. The van der Waals surface area contributed by atoms with E-state index in [9.17, 15) is 0 Å². The standard InChI is InChI=1S/C8H4Br3N/c9-6-1-2-7(8(10)11)5(3-6)4-12/h1-3,8H. The fraction of sp³-hybridized carbons (Fsp3) is 0.125. The molecule has 0 unspecified atom stereocenters. The Bertz CT molecular complexity index is 328. The van der Waals surface area contributed by atoms with Crippen LogP contribution in [-0.2, 0) is 0 Å². The summed E-state index contributed by atoms with van der Waals surface area (Å²) in [5, 5.41) is 8.78. The second-order valence-electron chi connectivity index (χ2n) is 2.14. The summed E-state index contributed by atoms with van der Waals surface area (Å²) in [5.74, 6) is 0. The quantitative estimate of drug-likeness (QED) is 0.697. The minimum Gasteiger partial charge on any atom is -0.192 e. The lowest BCUT2D eigenvalue weighted by Crippen LogP contribution is -1.86. The molecule has 1 nitrogen and oxygen atoms in total. The average molecular weight is 354 g/mol. The first-order valence-corrected chi connectivity index (χ1v) is 5.75. The summed E-state index contributed by atoms with van der Waals surface area (Å²) in [6.45, 7) is 0. The van der Waals surface area contributed by atoms with Crippen molar-refractivity contribution in [2.45, 2.75) is 3.74 Å². The van der Waals surface area contributed by atoms with Gasteiger partial charge in [-0.05, 0) is 17.7 Å². The van der Waals surface area contributed by atoms with Crippen LogP contribution in [0, 0.1) is 11.3 Å². The number of nitrogens with zero attached hydrogens (tertiary/aromatic N) is 1. The number of benzene rings is 1. The van der Waals surface area contributed by atoms with E-state index in [1.807, 2.05) is 12.1 Å². The van der Waals surface area contributed by atoms with Crippen molar-refractivity contribution in [3.8, 4) is 6.07 Å². The van der Waals surface area contributed by atoms with Crippen molar-refractivity contribution in [3.05, 3.63) is 33.8 Å². The van der Waals surface area contributed by atoms with E-state index in [-0.39, 0.29) is 3.74 Å². The van der Waals surface area contributed by atoms with Gasteiger partial charge in [0, 0.05) is 4.47 Å². The molecule has 0 radical (unpaired) electrons. The maximum atomic E-state index is 8.78. The van der Waals surface area contributed by atoms with Crippen LogP contribution in [0.4, 0.5) is 0 Å². The minimum atomic E-state index is 0.0350. The van der Waals surface area contributed by atoms with E-state index in [1.54, 1.807) is 6.07 Å². The third-order valence-corrected chi connectivity index (χ3v) is 2.85. The third kappa shape index (κ3) is 2.32. The molecule has 0 aliphatic rings. The lowest BCUT2D eigenvalue weighted by molar-refractivity contribution is 1.35. The van der Waals surface area contributed by atoms with E-state index in [0.717, 1.165) is 10.0 Å². The largest absolute Gasteiger partial charge is 0.192 e. The van der Waals surface area contributed by atoms with E-state index >= 15 is 0 Å². The highest BCUT2D eigenvalue weighted by molar-refractivity contribution is 9.24. The summed E-state index contributed by atoms with van der Waals surface area (Å²) in [6.07, 6.45) is 0. The van der Waals surface area contributed by atoms with E-state index in [2.05, 4.69) is 53.9 Å². The molecule has 0 heterocycles. The van der Waals surface area contributed by atoms with Crippen molar-refractivity contribution in [2.24, 2.45) is 0 Å². The molecule has 0 spiro atoms. The monoisotopic (exact) mass is 351 g/mol. The minimum absolute atomic E-state index is 0.0350. The van der Waals surface area contributed by atoms with Gasteiger partial charge in [0.15, 0.2) is 0 Å². The first kappa shape index (κ1) is 10.2. The Morgan fingerprint density at radius 1 is 1.33 bits per heavy atom.